The molecule has 0 saturated carbocycles. The van der Waals surface area contributed by atoms with Crippen molar-refractivity contribution >= 4 is 17.3 Å². The Hall–Kier alpha value is -1.75. The Morgan fingerprint density at radius 2 is 2.22 bits per heavy atom. The Morgan fingerprint density at radius 3 is 2.89 bits per heavy atom. The number of rotatable bonds is 4. The summed E-state index contributed by atoms with van der Waals surface area (Å²) in [5.74, 6) is 1.35. The van der Waals surface area contributed by atoms with Gasteiger partial charge in [-0.25, -0.2) is 9.67 Å². The van der Waals surface area contributed by atoms with Gasteiger partial charge in [0, 0.05) is 11.7 Å². The summed E-state index contributed by atoms with van der Waals surface area (Å²) in [4.78, 5) is 4.16. The first-order valence-corrected chi connectivity index (χ1v) is 6.02. The lowest BCUT2D eigenvalue weighted by Crippen LogP contribution is -2.10. The standard InChI is InChI=1S/C12H15ClN4O/c1-8(2)17-12(15-7-16-17)6-18-11-4-3-9(14)5-10(11)13/h3-5,7-8H,6,14H2,1-2H3. The molecule has 1 aromatic carbocycles. The Labute approximate surface area is 111 Å². The Kier molecular flexibility index (Phi) is 3.72. The minimum absolute atomic E-state index is 0.244. The van der Waals surface area contributed by atoms with E-state index in [1.54, 1.807) is 18.2 Å². The van der Waals surface area contributed by atoms with E-state index in [1.807, 2.05) is 18.5 Å². The summed E-state index contributed by atoms with van der Waals surface area (Å²) >= 11 is 6.02. The molecule has 0 aliphatic carbocycles. The number of nitrogens with zero attached hydrogens (tertiary/aromatic N) is 3. The normalized spacial score (nSPS) is 10.9. The third-order valence-corrected chi connectivity index (χ3v) is 2.74. The second-order valence-corrected chi connectivity index (χ2v) is 4.60. The van der Waals surface area contributed by atoms with Crippen molar-refractivity contribution in [2.45, 2.75) is 26.5 Å². The minimum Gasteiger partial charge on any atom is -0.484 e. The lowest BCUT2D eigenvalue weighted by Gasteiger charge is -2.11. The minimum atomic E-state index is 0.244. The highest BCUT2D eigenvalue weighted by molar-refractivity contribution is 6.32. The summed E-state index contributed by atoms with van der Waals surface area (Å²) in [5, 5.41) is 4.63. The molecule has 2 aromatic rings. The molecule has 0 radical (unpaired) electrons. The van der Waals surface area contributed by atoms with Crippen LogP contribution in [0.1, 0.15) is 25.7 Å². The first-order valence-electron chi connectivity index (χ1n) is 5.64. The van der Waals surface area contributed by atoms with Crippen LogP contribution in [-0.4, -0.2) is 14.8 Å². The average molecular weight is 267 g/mol. The van der Waals surface area contributed by atoms with Crippen LogP contribution in [0.5, 0.6) is 5.75 Å². The molecule has 0 saturated heterocycles. The zero-order valence-corrected chi connectivity index (χ0v) is 11.1. The van der Waals surface area contributed by atoms with Crippen LogP contribution in [0.4, 0.5) is 5.69 Å². The summed E-state index contributed by atoms with van der Waals surface area (Å²) < 4.78 is 7.43. The molecule has 0 bridgehead atoms. The number of anilines is 1. The van der Waals surface area contributed by atoms with Gasteiger partial charge < -0.3 is 10.5 Å². The van der Waals surface area contributed by atoms with Crippen LogP contribution in [0.2, 0.25) is 5.02 Å². The number of aromatic nitrogens is 3. The first-order chi connectivity index (χ1) is 8.58. The summed E-state index contributed by atoms with van der Waals surface area (Å²) in [6.45, 7) is 4.39. The molecule has 2 rings (SSSR count). The van der Waals surface area contributed by atoms with E-state index in [9.17, 15) is 0 Å². The van der Waals surface area contributed by atoms with E-state index >= 15 is 0 Å². The van der Waals surface area contributed by atoms with Gasteiger partial charge in [-0.3, -0.25) is 0 Å². The monoisotopic (exact) mass is 266 g/mol. The predicted octanol–water partition coefficient (Wildman–Crippen LogP) is 2.67. The van der Waals surface area contributed by atoms with Gasteiger partial charge in [-0.05, 0) is 32.0 Å². The van der Waals surface area contributed by atoms with E-state index in [2.05, 4.69) is 10.1 Å². The van der Waals surface area contributed by atoms with Crippen molar-refractivity contribution in [2.75, 3.05) is 5.73 Å². The lowest BCUT2D eigenvalue weighted by molar-refractivity contribution is 0.282. The molecule has 96 valence electrons. The second kappa shape index (κ2) is 5.27. The van der Waals surface area contributed by atoms with Gasteiger partial charge in [-0.1, -0.05) is 11.6 Å². The van der Waals surface area contributed by atoms with Gasteiger partial charge in [0.2, 0.25) is 0 Å². The zero-order chi connectivity index (χ0) is 13.1. The van der Waals surface area contributed by atoms with E-state index in [-0.39, 0.29) is 6.04 Å². The zero-order valence-electron chi connectivity index (χ0n) is 10.3. The van der Waals surface area contributed by atoms with E-state index in [0.29, 0.717) is 23.1 Å². The highest BCUT2D eigenvalue weighted by Crippen LogP contribution is 2.27. The van der Waals surface area contributed by atoms with Crippen LogP contribution in [0.25, 0.3) is 0 Å². The van der Waals surface area contributed by atoms with Crippen molar-refractivity contribution in [3.05, 3.63) is 35.4 Å². The number of hydrogen-bond donors (Lipinski definition) is 1. The average Bonchev–Trinajstić information content (AvgIpc) is 2.76. The summed E-state index contributed by atoms with van der Waals surface area (Å²) in [6, 6.07) is 5.39. The van der Waals surface area contributed by atoms with Gasteiger partial charge in [-0.2, -0.15) is 5.10 Å². The number of benzene rings is 1. The molecule has 0 aliphatic rings. The van der Waals surface area contributed by atoms with Crippen LogP contribution in [0.15, 0.2) is 24.5 Å². The Bertz CT molecular complexity index is 539. The molecular weight excluding hydrogens is 252 g/mol. The molecule has 0 amide bonds. The molecule has 0 fully saturated rings. The Morgan fingerprint density at radius 1 is 1.44 bits per heavy atom. The smallest absolute Gasteiger partial charge is 0.165 e. The molecule has 18 heavy (non-hydrogen) atoms. The SMILES string of the molecule is CC(C)n1ncnc1COc1ccc(N)cc1Cl. The van der Waals surface area contributed by atoms with E-state index in [0.717, 1.165) is 5.82 Å². The molecule has 1 heterocycles. The maximum Gasteiger partial charge on any atom is 0.165 e. The van der Waals surface area contributed by atoms with E-state index in [1.165, 1.54) is 6.33 Å². The van der Waals surface area contributed by atoms with Crippen LogP contribution in [0, 0.1) is 0 Å². The molecule has 0 aliphatic heterocycles. The predicted molar refractivity (Wildman–Crippen MR) is 70.6 cm³/mol. The lowest BCUT2D eigenvalue weighted by atomic mass is 10.3. The van der Waals surface area contributed by atoms with Crippen molar-refractivity contribution in [1.82, 2.24) is 14.8 Å². The fourth-order valence-corrected chi connectivity index (χ4v) is 1.83. The molecule has 5 nitrogen and oxygen atoms in total. The summed E-state index contributed by atoms with van der Waals surface area (Å²) in [7, 11) is 0. The molecule has 6 heteroatoms. The maximum atomic E-state index is 6.02. The largest absolute Gasteiger partial charge is 0.484 e. The fraction of sp³-hybridized carbons (Fsp3) is 0.333. The Balaban J connectivity index is 2.09. The van der Waals surface area contributed by atoms with E-state index in [4.69, 9.17) is 22.1 Å². The van der Waals surface area contributed by atoms with Crippen molar-refractivity contribution in [1.29, 1.82) is 0 Å². The van der Waals surface area contributed by atoms with Crippen LogP contribution in [-0.2, 0) is 6.61 Å². The van der Waals surface area contributed by atoms with Crippen molar-refractivity contribution in [2.24, 2.45) is 0 Å². The fourth-order valence-electron chi connectivity index (χ4n) is 1.59. The number of halogens is 1. The first kappa shape index (κ1) is 12.7. The molecule has 1 aromatic heterocycles. The third kappa shape index (κ3) is 2.73. The van der Waals surface area contributed by atoms with Gasteiger partial charge in [0.15, 0.2) is 5.82 Å². The van der Waals surface area contributed by atoms with Gasteiger partial charge in [0.1, 0.15) is 18.7 Å². The van der Waals surface area contributed by atoms with Crippen molar-refractivity contribution < 1.29 is 4.74 Å². The molecule has 0 atom stereocenters. The van der Waals surface area contributed by atoms with Crippen LogP contribution < -0.4 is 10.5 Å². The molecule has 0 spiro atoms. The number of nitrogen functional groups attached to an aromatic ring is 1. The second-order valence-electron chi connectivity index (χ2n) is 4.19. The summed E-state index contributed by atoms with van der Waals surface area (Å²) in [6.07, 6.45) is 1.52. The number of nitrogens with two attached hydrogens (primary N) is 1. The van der Waals surface area contributed by atoms with Gasteiger partial charge in [0.05, 0.1) is 5.02 Å². The van der Waals surface area contributed by atoms with Crippen molar-refractivity contribution in [3.8, 4) is 5.75 Å². The van der Waals surface area contributed by atoms with Gasteiger partial charge in [-0.15, -0.1) is 0 Å². The third-order valence-electron chi connectivity index (χ3n) is 2.45. The van der Waals surface area contributed by atoms with Crippen molar-refractivity contribution in [3.63, 3.8) is 0 Å². The van der Waals surface area contributed by atoms with Crippen LogP contribution >= 0.6 is 11.6 Å². The number of hydrogen-bond acceptors (Lipinski definition) is 4. The van der Waals surface area contributed by atoms with E-state index < -0.39 is 0 Å². The summed E-state index contributed by atoms with van der Waals surface area (Å²) in [5.41, 5.74) is 6.22. The van der Waals surface area contributed by atoms with Gasteiger partial charge in [0.25, 0.3) is 0 Å². The molecular formula is C12H15ClN4O. The molecule has 2 N–H and O–H groups in total. The maximum absolute atomic E-state index is 6.02. The highest BCUT2D eigenvalue weighted by Gasteiger charge is 2.09. The van der Waals surface area contributed by atoms with Gasteiger partial charge >= 0.3 is 0 Å². The quantitative estimate of drug-likeness (QED) is 0.864. The topological polar surface area (TPSA) is 66.0 Å². The molecule has 0 unspecified atom stereocenters. The number of ether oxygens (including phenoxy) is 1. The van der Waals surface area contributed by atoms with Crippen LogP contribution in [0.3, 0.4) is 0 Å². The highest BCUT2D eigenvalue weighted by atomic mass is 35.5.